The number of aromatic nitrogens is 3. The summed E-state index contributed by atoms with van der Waals surface area (Å²) in [7, 11) is 2.16. The Labute approximate surface area is 263 Å². The number of hydrogen-bond donors (Lipinski definition) is 2. The highest BCUT2D eigenvalue weighted by molar-refractivity contribution is 6.33. The van der Waals surface area contributed by atoms with Gasteiger partial charge in [0.2, 0.25) is 11.9 Å². The fourth-order valence-electron chi connectivity index (χ4n) is 6.46. The van der Waals surface area contributed by atoms with E-state index in [1.54, 1.807) is 12.3 Å². The van der Waals surface area contributed by atoms with E-state index in [-0.39, 0.29) is 23.6 Å². The van der Waals surface area contributed by atoms with Crippen LogP contribution in [-0.2, 0) is 4.79 Å². The van der Waals surface area contributed by atoms with Crippen molar-refractivity contribution < 1.29 is 4.79 Å². The summed E-state index contributed by atoms with van der Waals surface area (Å²) in [6.07, 6.45) is 5.37. The molecule has 0 radical (unpaired) electrons. The number of benzene rings is 2. The van der Waals surface area contributed by atoms with Gasteiger partial charge in [-0.1, -0.05) is 36.7 Å². The predicted molar refractivity (Wildman–Crippen MR) is 178 cm³/mol. The molecular formula is C34H40ClN7O2. The van der Waals surface area contributed by atoms with Gasteiger partial charge < -0.3 is 20.4 Å². The highest BCUT2D eigenvalue weighted by Gasteiger charge is 2.27. The minimum atomic E-state index is -0.122. The Bertz CT molecular complexity index is 1720. The first-order valence-electron chi connectivity index (χ1n) is 15.6. The molecule has 2 aromatic carbocycles. The SMILES string of the molecule is CCC(=O)NC1CCC(n2c(=O)c(-c3ccccc3Cl)cc3cnc(Nc4ccc(N5CCN(C)CC5)c(C)c4)nc32)CC1. The van der Waals surface area contributed by atoms with Gasteiger partial charge in [0.1, 0.15) is 5.65 Å². The lowest BCUT2D eigenvalue weighted by molar-refractivity contribution is -0.121. The minimum absolute atomic E-state index is 0.0601. The molecule has 0 unspecified atom stereocenters. The average Bonchev–Trinajstić information content (AvgIpc) is 3.02. The number of amides is 1. The largest absolute Gasteiger partial charge is 0.369 e. The van der Waals surface area contributed by atoms with E-state index in [2.05, 4.69) is 57.6 Å². The molecule has 6 rings (SSSR count). The molecule has 1 amide bonds. The average molecular weight is 614 g/mol. The maximum absolute atomic E-state index is 14.2. The third-order valence-corrected chi connectivity index (χ3v) is 9.31. The molecule has 44 heavy (non-hydrogen) atoms. The van der Waals surface area contributed by atoms with Crippen molar-refractivity contribution in [3.63, 3.8) is 0 Å². The molecule has 2 aliphatic rings. The smallest absolute Gasteiger partial charge is 0.260 e. The highest BCUT2D eigenvalue weighted by atomic mass is 35.5. The molecule has 1 saturated carbocycles. The van der Waals surface area contributed by atoms with Crippen molar-refractivity contribution in [1.29, 1.82) is 0 Å². The fraction of sp³-hybridized carbons (Fsp3) is 0.412. The van der Waals surface area contributed by atoms with Crippen LogP contribution >= 0.6 is 11.6 Å². The van der Waals surface area contributed by atoms with Crippen molar-refractivity contribution in [2.75, 3.05) is 43.4 Å². The molecular weight excluding hydrogens is 574 g/mol. The third kappa shape index (κ3) is 6.30. The molecule has 4 aromatic rings. The molecule has 0 spiro atoms. The standard InChI is InChI=1S/C34H40ClN7O2/c1-4-31(43)37-24-9-12-26(13-10-24)42-32-23(20-28(33(42)44)27-7-5-6-8-29(27)35)21-36-34(39-32)38-25-11-14-30(22(2)19-25)41-17-15-40(3)16-18-41/h5-8,11,14,19-21,24,26H,4,9-10,12-13,15-18H2,1-3H3,(H,37,43)(H,36,38,39). The van der Waals surface area contributed by atoms with E-state index in [9.17, 15) is 9.59 Å². The molecule has 1 aliphatic carbocycles. The van der Waals surface area contributed by atoms with Gasteiger partial charge in [-0.3, -0.25) is 14.2 Å². The van der Waals surface area contributed by atoms with Crippen molar-refractivity contribution >= 4 is 45.9 Å². The number of fused-ring (bicyclic) bond motifs is 1. The number of aryl methyl sites for hydroxylation is 1. The first-order valence-corrected chi connectivity index (χ1v) is 16.0. The zero-order chi connectivity index (χ0) is 30.8. The molecule has 1 aliphatic heterocycles. The van der Waals surface area contributed by atoms with Crippen molar-refractivity contribution in [3.05, 3.63) is 75.7 Å². The van der Waals surface area contributed by atoms with Gasteiger partial charge >= 0.3 is 0 Å². The summed E-state index contributed by atoms with van der Waals surface area (Å²) in [4.78, 5) is 40.6. The number of likely N-dealkylation sites (N-methyl/N-ethyl adjacent to an activating group) is 1. The second-order valence-electron chi connectivity index (χ2n) is 12.0. The van der Waals surface area contributed by atoms with Crippen LogP contribution < -0.4 is 21.1 Å². The molecule has 2 aromatic heterocycles. The van der Waals surface area contributed by atoms with Gasteiger partial charge in [-0.2, -0.15) is 4.98 Å². The summed E-state index contributed by atoms with van der Waals surface area (Å²) in [5, 5.41) is 7.80. The predicted octanol–water partition coefficient (Wildman–Crippen LogP) is 5.93. The van der Waals surface area contributed by atoms with Gasteiger partial charge in [-0.15, -0.1) is 0 Å². The maximum atomic E-state index is 14.2. The number of pyridine rings is 1. The topological polar surface area (TPSA) is 95.4 Å². The summed E-state index contributed by atoms with van der Waals surface area (Å²) in [6.45, 7) is 8.13. The van der Waals surface area contributed by atoms with Crippen molar-refractivity contribution in [1.82, 2.24) is 24.8 Å². The number of hydrogen-bond acceptors (Lipinski definition) is 7. The van der Waals surface area contributed by atoms with Crippen LogP contribution in [0.4, 0.5) is 17.3 Å². The van der Waals surface area contributed by atoms with Gasteiger partial charge in [0.25, 0.3) is 5.56 Å². The summed E-state index contributed by atoms with van der Waals surface area (Å²) in [6, 6.07) is 15.7. The summed E-state index contributed by atoms with van der Waals surface area (Å²) in [5.41, 5.74) is 5.02. The van der Waals surface area contributed by atoms with E-state index >= 15 is 0 Å². The first-order chi connectivity index (χ1) is 21.3. The Morgan fingerprint density at radius 3 is 2.45 bits per heavy atom. The Morgan fingerprint density at radius 1 is 1.00 bits per heavy atom. The van der Waals surface area contributed by atoms with E-state index in [1.807, 2.05) is 35.8 Å². The number of nitrogens with one attached hydrogen (secondary N) is 2. The van der Waals surface area contributed by atoms with Crippen LogP contribution in [0.15, 0.2) is 59.5 Å². The van der Waals surface area contributed by atoms with Crippen LogP contribution in [0.25, 0.3) is 22.2 Å². The molecule has 1 saturated heterocycles. The van der Waals surface area contributed by atoms with Gasteiger partial charge in [-0.25, -0.2) is 4.98 Å². The van der Waals surface area contributed by atoms with Crippen LogP contribution in [-0.4, -0.2) is 64.6 Å². The van der Waals surface area contributed by atoms with Crippen molar-refractivity contribution in [2.45, 2.75) is 58.0 Å². The number of anilines is 3. The lowest BCUT2D eigenvalue weighted by Gasteiger charge is -2.35. The van der Waals surface area contributed by atoms with E-state index in [0.29, 0.717) is 34.2 Å². The lowest BCUT2D eigenvalue weighted by Crippen LogP contribution is -2.44. The van der Waals surface area contributed by atoms with Crippen molar-refractivity contribution in [2.24, 2.45) is 0 Å². The Morgan fingerprint density at radius 2 is 1.75 bits per heavy atom. The normalized spacial score (nSPS) is 19.2. The first kappa shape index (κ1) is 30.1. The van der Waals surface area contributed by atoms with Crippen molar-refractivity contribution in [3.8, 4) is 11.1 Å². The Balaban J connectivity index is 1.34. The zero-order valence-corrected chi connectivity index (χ0v) is 26.4. The van der Waals surface area contributed by atoms with Crippen LogP contribution in [0, 0.1) is 6.92 Å². The van der Waals surface area contributed by atoms with Crippen LogP contribution in [0.1, 0.15) is 50.6 Å². The van der Waals surface area contributed by atoms with E-state index < -0.39 is 0 Å². The zero-order valence-electron chi connectivity index (χ0n) is 25.6. The molecule has 0 bridgehead atoms. The van der Waals surface area contributed by atoms with Gasteiger partial charge in [-0.05, 0) is 75.5 Å². The number of piperazine rings is 1. The molecule has 230 valence electrons. The van der Waals surface area contributed by atoms with E-state index in [1.165, 1.54) is 11.3 Å². The summed E-state index contributed by atoms with van der Waals surface area (Å²) >= 11 is 6.56. The van der Waals surface area contributed by atoms with Crippen LogP contribution in [0.5, 0.6) is 0 Å². The fourth-order valence-corrected chi connectivity index (χ4v) is 6.70. The monoisotopic (exact) mass is 613 g/mol. The third-order valence-electron chi connectivity index (χ3n) is 8.98. The second-order valence-corrected chi connectivity index (χ2v) is 12.4. The number of halogens is 1. The van der Waals surface area contributed by atoms with Gasteiger partial charge in [0, 0.05) is 83.8 Å². The molecule has 0 atom stereocenters. The minimum Gasteiger partial charge on any atom is -0.369 e. The lowest BCUT2D eigenvalue weighted by atomic mass is 9.90. The highest BCUT2D eigenvalue weighted by Crippen LogP contribution is 2.33. The quantitative estimate of drug-likeness (QED) is 0.267. The summed E-state index contributed by atoms with van der Waals surface area (Å²) in [5.74, 6) is 0.499. The Kier molecular flexibility index (Phi) is 8.86. The molecule has 2 N–H and O–H groups in total. The molecule has 9 nitrogen and oxygen atoms in total. The van der Waals surface area contributed by atoms with E-state index in [0.717, 1.165) is 62.9 Å². The second kappa shape index (κ2) is 13.0. The molecule has 3 heterocycles. The van der Waals surface area contributed by atoms with Gasteiger partial charge in [0.15, 0.2) is 0 Å². The van der Waals surface area contributed by atoms with Crippen LogP contribution in [0.3, 0.4) is 0 Å². The summed E-state index contributed by atoms with van der Waals surface area (Å²) < 4.78 is 1.83. The maximum Gasteiger partial charge on any atom is 0.260 e. The van der Waals surface area contributed by atoms with Gasteiger partial charge in [0.05, 0.1) is 0 Å². The number of rotatable bonds is 7. The molecule has 2 fully saturated rings. The van der Waals surface area contributed by atoms with E-state index in [4.69, 9.17) is 16.6 Å². The number of nitrogens with zero attached hydrogens (tertiary/aromatic N) is 5. The van der Waals surface area contributed by atoms with Crippen LogP contribution in [0.2, 0.25) is 5.02 Å². The molecule has 10 heteroatoms. The Hall–Kier alpha value is -3.95. The number of carbonyl (C=O) groups is 1. The number of carbonyl (C=O) groups excluding carboxylic acids is 1.